The van der Waals surface area contributed by atoms with Gasteiger partial charge in [0.2, 0.25) is 0 Å². The summed E-state index contributed by atoms with van der Waals surface area (Å²) in [6.07, 6.45) is 21.5. The molecular weight excluding hydrogens is 372 g/mol. The molecule has 0 atom stereocenters. The van der Waals surface area contributed by atoms with Gasteiger partial charge in [-0.15, -0.1) is 0 Å². The average molecular weight is 417 g/mol. The molecule has 0 saturated heterocycles. The predicted octanol–water partition coefficient (Wildman–Crippen LogP) is 7.14. The lowest BCUT2D eigenvalue weighted by Crippen LogP contribution is -2.35. The minimum atomic E-state index is -0.103. The van der Waals surface area contributed by atoms with Gasteiger partial charge in [0.1, 0.15) is 5.75 Å². The number of allylic oxidation sites excluding steroid dienone is 2. The van der Waals surface area contributed by atoms with Crippen LogP contribution in [0.5, 0.6) is 5.75 Å². The van der Waals surface area contributed by atoms with E-state index in [0.29, 0.717) is 6.54 Å². The van der Waals surface area contributed by atoms with Gasteiger partial charge < -0.3 is 15.4 Å². The molecule has 0 unspecified atom stereocenters. The second kappa shape index (κ2) is 19.0. The Balaban J connectivity index is 1.86. The Morgan fingerprint density at radius 3 is 2.17 bits per heavy atom. The fourth-order valence-electron chi connectivity index (χ4n) is 3.42. The molecule has 0 spiro atoms. The highest BCUT2D eigenvalue weighted by Gasteiger charge is 2.01. The molecule has 0 aliphatic rings. The smallest absolute Gasteiger partial charge is 0.315 e. The van der Waals surface area contributed by atoms with Gasteiger partial charge in [0.05, 0.1) is 7.11 Å². The lowest BCUT2D eigenvalue weighted by Gasteiger charge is -2.08. The molecule has 0 fully saturated rings. The molecule has 1 aromatic carbocycles. The minimum absolute atomic E-state index is 0.103. The van der Waals surface area contributed by atoms with Gasteiger partial charge in [0.25, 0.3) is 0 Å². The zero-order valence-corrected chi connectivity index (χ0v) is 19.4. The number of benzene rings is 1. The number of methoxy groups -OCH3 is 1. The number of hydrogen-bond acceptors (Lipinski definition) is 2. The first-order valence-corrected chi connectivity index (χ1v) is 12.1. The van der Waals surface area contributed by atoms with Gasteiger partial charge >= 0.3 is 6.03 Å². The molecule has 170 valence electrons. The van der Waals surface area contributed by atoms with Crippen molar-refractivity contribution in [3.8, 4) is 5.75 Å². The van der Waals surface area contributed by atoms with Crippen molar-refractivity contribution in [2.75, 3.05) is 13.7 Å². The Kier molecular flexibility index (Phi) is 16.5. The summed E-state index contributed by atoms with van der Waals surface area (Å²) in [5.74, 6) is 0.808. The van der Waals surface area contributed by atoms with E-state index in [1.54, 1.807) is 7.11 Å². The lowest BCUT2D eigenvalue weighted by atomic mass is 10.1. The van der Waals surface area contributed by atoms with Crippen molar-refractivity contribution in [2.45, 2.75) is 96.9 Å². The third-order valence-electron chi connectivity index (χ3n) is 5.31. The Labute approximate surface area is 184 Å². The van der Waals surface area contributed by atoms with Crippen LogP contribution in [-0.4, -0.2) is 19.7 Å². The van der Waals surface area contributed by atoms with Crippen LogP contribution in [0, 0.1) is 0 Å². The van der Waals surface area contributed by atoms with E-state index in [1.165, 1.54) is 77.0 Å². The molecule has 0 radical (unpaired) electrons. The fourth-order valence-corrected chi connectivity index (χ4v) is 3.42. The summed E-state index contributed by atoms with van der Waals surface area (Å²) in [7, 11) is 1.65. The molecule has 0 aromatic heterocycles. The monoisotopic (exact) mass is 416 g/mol. The van der Waals surface area contributed by atoms with Crippen molar-refractivity contribution in [2.24, 2.45) is 0 Å². The first-order chi connectivity index (χ1) is 14.8. The quantitative estimate of drug-likeness (QED) is 0.197. The maximum absolute atomic E-state index is 11.9. The Bertz CT molecular complexity index is 572. The average Bonchev–Trinajstić information content (AvgIpc) is 2.77. The number of unbranched alkanes of at least 4 members (excludes halogenated alkanes) is 11. The van der Waals surface area contributed by atoms with E-state index in [-0.39, 0.29) is 6.03 Å². The van der Waals surface area contributed by atoms with Crippen LogP contribution >= 0.6 is 0 Å². The van der Waals surface area contributed by atoms with Gasteiger partial charge in [0.15, 0.2) is 0 Å². The largest absolute Gasteiger partial charge is 0.497 e. The van der Waals surface area contributed by atoms with Gasteiger partial charge in [-0.05, 0) is 49.8 Å². The molecule has 1 aromatic rings. The van der Waals surface area contributed by atoms with Crippen LogP contribution in [0.2, 0.25) is 0 Å². The normalized spacial score (nSPS) is 11.0. The van der Waals surface area contributed by atoms with Crippen LogP contribution in [0.3, 0.4) is 0 Å². The van der Waals surface area contributed by atoms with Crippen LogP contribution in [0.4, 0.5) is 4.79 Å². The van der Waals surface area contributed by atoms with Gasteiger partial charge in [-0.3, -0.25) is 0 Å². The van der Waals surface area contributed by atoms with Gasteiger partial charge in [-0.1, -0.05) is 82.6 Å². The molecule has 2 N–H and O–H groups in total. The minimum Gasteiger partial charge on any atom is -0.497 e. The Morgan fingerprint density at radius 2 is 1.50 bits per heavy atom. The Morgan fingerprint density at radius 1 is 0.867 bits per heavy atom. The second-order valence-electron chi connectivity index (χ2n) is 8.05. The summed E-state index contributed by atoms with van der Waals surface area (Å²) in [6.45, 7) is 3.52. The molecule has 0 bridgehead atoms. The van der Waals surface area contributed by atoms with Crippen molar-refractivity contribution in [1.29, 1.82) is 0 Å². The molecule has 4 nitrogen and oxygen atoms in total. The zero-order valence-electron chi connectivity index (χ0n) is 19.4. The summed E-state index contributed by atoms with van der Waals surface area (Å²) >= 11 is 0. The zero-order chi connectivity index (χ0) is 21.7. The summed E-state index contributed by atoms with van der Waals surface area (Å²) in [6, 6.07) is 7.64. The third kappa shape index (κ3) is 14.9. The molecule has 30 heavy (non-hydrogen) atoms. The summed E-state index contributed by atoms with van der Waals surface area (Å²) in [4.78, 5) is 11.9. The topological polar surface area (TPSA) is 50.4 Å². The highest BCUT2D eigenvalue weighted by atomic mass is 16.5. The van der Waals surface area contributed by atoms with Gasteiger partial charge in [-0.2, -0.15) is 0 Å². The number of carbonyl (C=O) groups excluding carboxylic acids is 1. The molecule has 0 heterocycles. The van der Waals surface area contributed by atoms with Gasteiger partial charge in [-0.25, -0.2) is 4.79 Å². The highest BCUT2D eigenvalue weighted by molar-refractivity contribution is 5.73. The summed E-state index contributed by atoms with van der Waals surface area (Å²) < 4.78 is 5.19. The first-order valence-electron chi connectivity index (χ1n) is 12.1. The third-order valence-corrected chi connectivity index (χ3v) is 5.31. The summed E-state index contributed by atoms with van der Waals surface area (Å²) in [5.41, 5.74) is 1.03. The predicted molar refractivity (Wildman–Crippen MR) is 128 cm³/mol. The number of urea groups is 1. The molecular formula is C26H44N2O2. The summed E-state index contributed by atoms with van der Waals surface area (Å²) in [5, 5.41) is 5.82. The maximum atomic E-state index is 11.9. The number of hydrogen-bond donors (Lipinski definition) is 2. The number of ether oxygens (including phenoxy) is 1. The van der Waals surface area contributed by atoms with Crippen molar-refractivity contribution in [3.63, 3.8) is 0 Å². The standard InChI is InChI=1S/C26H44N2O2/c1-3-4-5-6-7-8-9-10-11-12-13-14-15-16-17-21-27-26(29)28-23-24-19-18-20-25(22-24)30-2/h10-11,18-20,22H,3-9,12-17,21,23H2,1-2H3,(H2,27,28,29)/b11-10-. The van der Waals surface area contributed by atoms with E-state index in [1.807, 2.05) is 24.3 Å². The number of rotatable bonds is 18. The van der Waals surface area contributed by atoms with E-state index in [2.05, 4.69) is 29.7 Å². The van der Waals surface area contributed by atoms with Crippen LogP contribution < -0.4 is 15.4 Å². The number of amides is 2. The number of nitrogens with one attached hydrogen (secondary N) is 2. The van der Waals surface area contributed by atoms with E-state index in [0.717, 1.165) is 24.3 Å². The fraction of sp³-hybridized carbons (Fsp3) is 0.654. The van der Waals surface area contributed by atoms with E-state index in [4.69, 9.17) is 4.74 Å². The number of carbonyl (C=O) groups is 1. The second-order valence-corrected chi connectivity index (χ2v) is 8.05. The molecule has 0 aliphatic carbocycles. The lowest BCUT2D eigenvalue weighted by molar-refractivity contribution is 0.240. The van der Waals surface area contributed by atoms with Crippen LogP contribution in [-0.2, 0) is 6.54 Å². The highest BCUT2D eigenvalue weighted by Crippen LogP contribution is 2.12. The van der Waals surface area contributed by atoms with Gasteiger partial charge in [0, 0.05) is 13.1 Å². The first kappa shape index (κ1) is 26.1. The van der Waals surface area contributed by atoms with Crippen molar-refractivity contribution >= 4 is 6.03 Å². The van der Waals surface area contributed by atoms with Crippen molar-refractivity contribution < 1.29 is 9.53 Å². The maximum Gasteiger partial charge on any atom is 0.315 e. The SMILES string of the molecule is CCCCCCCC/C=C\CCCCCCCNC(=O)NCc1cccc(OC)c1. The molecule has 1 rings (SSSR count). The Hall–Kier alpha value is -1.97. The van der Waals surface area contributed by atoms with E-state index >= 15 is 0 Å². The molecule has 0 aliphatic heterocycles. The van der Waals surface area contributed by atoms with E-state index in [9.17, 15) is 4.79 Å². The van der Waals surface area contributed by atoms with Crippen LogP contribution in [0.15, 0.2) is 36.4 Å². The molecule has 2 amide bonds. The van der Waals surface area contributed by atoms with Crippen molar-refractivity contribution in [3.05, 3.63) is 42.0 Å². The molecule has 4 heteroatoms. The van der Waals surface area contributed by atoms with Crippen LogP contribution in [0.1, 0.15) is 96.0 Å². The van der Waals surface area contributed by atoms with Crippen molar-refractivity contribution in [1.82, 2.24) is 10.6 Å². The van der Waals surface area contributed by atoms with E-state index < -0.39 is 0 Å². The van der Waals surface area contributed by atoms with Crippen LogP contribution in [0.25, 0.3) is 0 Å². The molecule has 0 saturated carbocycles.